The van der Waals surface area contributed by atoms with Crippen LogP contribution in [0.4, 0.5) is 0 Å². The molecule has 0 aromatic heterocycles. The number of benzene rings is 1. The zero-order chi connectivity index (χ0) is 14.5. The summed E-state index contributed by atoms with van der Waals surface area (Å²) in [5.41, 5.74) is 6.89. The Morgan fingerprint density at radius 2 is 2.24 bits per heavy atom. The summed E-state index contributed by atoms with van der Waals surface area (Å²) in [6.45, 7) is 0.423. The van der Waals surface area contributed by atoms with E-state index in [0.717, 1.165) is 18.4 Å². The van der Waals surface area contributed by atoms with Crippen LogP contribution in [0, 0.1) is 5.92 Å². The Bertz CT molecular complexity index is 470. The molecule has 1 fully saturated rings. The molecule has 1 saturated carbocycles. The summed E-state index contributed by atoms with van der Waals surface area (Å²) >= 11 is 0. The van der Waals surface area contributed by atoms with E-state index in [2.05, 4.69) is 5.32 Å². The highest BCUT2D eigenvalue weighted by molar-refractivity contribution is 5.85. The van der Waals surface area contributed by atoms with Gasteiger partial charge in [-0.15, -0.1) is 12.4 Å². The van der Waals surface area contributed by atoms with Gasteiger partial charge < -0.3 is 20.9 Å². The third-order valence-electron chi connectivity index (χ3n) is 3.88. The van der Waals surface area contributed by atoms with Crippen LogP contribution in [0.3, 0.4) is 0 Å². The summed E-state index contributed by atoms with van der Waals surface area (Å²) in [7, 11) is 1.66. The van der Waals surface area contributed by atoms with Crippen molar-refractivity contribution in [2.24, 2.45) is 11.7 Å². The molecule has 118 valence electrons. The third-order valence-corrected chi connectivity index (χ3v) is 3.88. The highest BCUT2D eigenvalue weighted by Gasteiger charge is 2.31. The molecule has 1 aromatic carbocycles. The molecule has 0 spiro atoms. The van der Waals surface area contributed by atoms with Crippen LogP contribution in [0.5, 0.6) is 5.75 Å². The van der Waals surface area contributed by atoms with E-state index in [9.17, 15) is 9.90 Å². The molecular weight excluding hydrogens is 292 g/mol. The van der Waals surface area contributed by atoms with E-state index in [1.165, 1.54) is 0 Å². The quantitative estimate of drug-likeness (QED) is 0.787. The molecule has 0 radical (unpaired) electrons. The summed E-state index contributed by atoms with van der Waals surface area (Å²) in [6.07, 6.45) is 2.34. The Labute approximate surface area is 131 Å². The maximum atomic E-state index is 12.1. The Morgan fingerprint density at radius 1 is 1.48 bits per heavy atom. The molecule has 2 rings (SSSR count). The summed E-state index contributed by atoms with van der Waals surface area (Å²) in [5.74, 6) is 0.187. The molecule has 1 aliphatic rings. The van der Waals surface area contributed by atoms with Crippen molar-refractivity contribution in [2.75, 3.05) is 7.11 Å². The predicted octanol–water partition coefficient (Wildman–Crippen LogP) is 1.57. The van der Waals surface area contributed by atoms with Crippen molar-refractivity contribution in [3.05, 3.63) is 29.8 Å². The van der Waals surface area contributed by atoms with Gasteiger partial charge in [-0.1, -0.05) is 12.1 Å². The molecule has 3 atom stereocenters. The van der Waals surface area contributed by atoms with Crippen molar-refractivity contribution >= 4 is 18.3 Å². The summed E-state index contributed by atoms with van der Waals surface area (Å²) in [6, 6.07) is 6.80. The van der Waals surface area contributed by atoms with Crippen molar-refractivity contribution in [3.8, 4) is 5.75 Å². The lowest BCUT2D eigenvalue weighted by Gasteiger charge is -2.32. The van der Waals surface area contributed by atoms with Crippen LogP contribution in [0.1, 0.15) is 24.8 Å². The van der Waals surface area contributed by atoms with E-state index in [1.807, 2.05) is 6.07 Å². The van der Waals surface area contributed by atoms with Crippen molar-refractivity contribution < 1.29 is 14.6 Å². The van der Waals surface area contributed by atoms with E-state index in [1.54, 1.807) is 25.3 Å². The fraction of sp³-hybridized carbons (Fsp3) is 0.533. The predicted molar refractivity (Wildman–Crippen MR) is 83.3 cm³/mol. The van der Waals surface area contributed by atoms with Gasteiger partial charge in [-0.3, -0.25) is 4.79 Å². The Kier molecular flexibility index (Phi) is 6.95. The minimum absolute atomic E-state index is 0. The van der Waals surface area contributed by atoms with Crippen LogP contribution in [-0.2, 0) is 16.1 Å². The van der Waals surface area contributed by atoms with Gasteiger partial charge in [0.2, 0.25) is 5.91 Å². The van der Waals surface area contributed by atoms with Crippen molar-refractivity contribution in [3.63, 3.8) is 0 Å². The van der Waals surface area contributed by atoms with Gasteiger partial charge in [-0.25, -0.2) is 0 Å². The summed E-state index contributed by atoms with van der Waals surface area (Å²) in [5, 5.41) is 12.3. The molecule has 1 amide bonds. The molecule has 4 N–H and O–H groups in total. The molecule has 6 heteroatoms. The van der Waals surface area contributed by atoms with E-state index in [-0.39, 0.29) is 42.1 Å². The van der Waals surface area contributed by atoms with Gasteiger partial charge in [0.1, 0.15) is 5.75 Å². The van der Waals surface area contributed by atoms with Gasteiger partial charge in [0.05, 0.1) is 6.10 Å². The number of ether oxygens (including phenoxy) is 1. The van der Waals surface area contributed by atoms with Gasteiger partial charge >= 0.3 is 0 Å². The molecule has 0 bridgehead atoms. The van der Waals surface area contributed by atoms with Crippen LogP contribution in [0.15, 0.2) is 24.3 Å². The molecule has 21 heavy (non-hydrogen) atoms. The van der Waals surface area contributed by atoms with Gasteiger partial charge in [0, 0.05) is 25.6 Å². The van der Waals surface area contributed by atoms with E-state index in [0.29, 0.717) is 13.0 Å². The molecule has 0 saturated heterocycles. The maximum Gasteiger partial charge on any atom is 0.223 e. The number of methoxy groups -OCH3 is 1. The highest BCUT2D eigenvalue weighted by Crippen LogP contribution is 2.25. The van der Waals surface area contributed by atoms with Crippen LogP contribution in [0.2, 0.25) is 0 Å². The Hall–Kier alpha value is -1.30. The number of aromatic hydroxyl groups is 1. The lowest BCUT2D eigenvalue weighted by molar-refractivity contribution is -0.127. The minimum atomic E-state index is -0.0785. The standard InChI is InChI=1S/C15H22N2O3.ClH/c1-20-14-6-5-11(8-13(14)16)15(19)17-9-10-3-2-4-12(18)7-10;/h2-4,7,11,13-14,18H,5-6,8-9,16H2,1H3,(H,17,19);1H/t11-,13+,14+;/m0./s1. The summed E-state index contributed by atoms with van der Waals surface area (Å²) in [4.78, 5) is 12.1. The number of phenols is 1. The van der Waals surface area contributed by atoms with Crippen molar-refractivity contribution in [1.29, 1.82) is 0 Å². The first kappa shape index (κ1) is 17.8. The Morgan fingerprint density at radius 3 is 2.86 bits per heavy atom. The number of phenolic OH excluding ortho intramolecular Hbond substituents is 1. The van der Waals surface area contributed by atoms with Gasteiger partial charge in [0.15, 0.2) is 0 Å². The van der Waals surface area contributed by atoms with Crippen LogP contribution >= 0.6 is 12.4 Å². The lowest BCUT2D eigenvalue weighted by Crippen LogP contribution is -2.45. The minimum Gasteiger partial charge on any atom is -0.508 e. The van der Waals surface area contributed by atoms with Gasteiger partial charge in [0.25, 0.3) is 0 Å². The normalized spacial score (nSPS) is 25.0. The summed E-state index contributed by atoms with van der Waals surface area (Å²) < 4.78 is 5.29. The number of hydrogen-bond acceptors (Lipinski definition) is 4. The zero-order valence-corrected chi connectivity index (χ0v) is 12.9. The third kappa shape index (κ3) is 4.88. The average Bonchev–Trinajstić information content (AvgIpc) is 2.44. The van der Waals surface area contributed by atoms with Gasteiger partial charge in [-0.2, -0.15) is 0 Å². The van der Waals surface area contributed by atoms with E-state index >= 15 is 0 Å². The molecule has 0 aliphatic heterocycles. The molecule has 1 aliphatic carbocycles. The van der Waals surface area contributed by atoms with E-state index in [4.69, 9.17) is 10.5 Å². The number of nitrogens with two attached hydrogens (primary N) is 1. The number of carbonyl (C=O) groups excluding carboxylic acids is 1. The molecule has 0 unspecified atom stereocenters. The molecule has 0 heterocycles. The number of amides is 1. The fourth-order valence-corrected chi connectivity index (χ4v) is 2.71. The first-order valence-electron chi connectivity index (χ1n) is 6.94. The fourth-order valence-electron chi connectivity index (χ4n) is 2.71. The second kappa shape index (κ2) is 8.22. The van der Waals surface area contributed by atoms with Gasteiger partial charge in [-0.05, 0) is 37.0 Å². The van der Waals surface area contributed by atoms with Crippen LogP contribution in [0.25, 0.3) is 0 Å². The van der Waals surface area contributed by atoms with Crippen LogP contribution in [-0.4, -0.2) is 30.3 Å². The molecular formula is C15H23ClN2O3. The smallest absolute Gasteiger partial charge is 0.223 e. The second-order valence-corrected chi connectivity index (χ2v) is 5.34. The Balaban J connectivity index is 0.00000220. The second-order valence-electron chi connectivity index (χ2n) is 5.34. The number of rotatable bonds is 4. The first-order valence-corrected chi connectivity index (χ1v) is 6.94. The van der Waals surface area contributed by atoms with Crippen molar-refractivity contribution in [2.45, 2.75) is 38.0 Å². The number of halogens is 1. The SMILES string of the molecule is CO[C@@H]1CC[C@H](C(=O)NCc2cccc(O)c2)C[C@H]1N.Cl. The first-order chi connectivity index (χ1) is 9.60. The lowest BCUT2D eigenvalue weighted by atomic mass is 9.83. The molecule has 1 aromatic rings. The van der Waals surface area contributed by atoms with E-state index < -0.39 is 0 Å². The number of carbonyl (C=O) groups is 1. The highest BCUT2D eigenvalue weighted by atomic mass is 35.5. The topological polar surface area (TPSA) is 84.6 Å². The monoisotopic (exact) mass is 314 g/mol. The van der Waals surface area contributed by atoms with Crippen LogP contribution < -0.4 is 11.1 Å². The molecule has 5 nitrogen and oxygen atoms in total. The largest absolute Gasteiger partial charge is 0.508 e. The van der Waals surface area contributed by atoms with Crippen molar-refractivity contribution in [1.82, 2.24) is 5.32 Å². The number of hydrogen-bond donors (Lipinski definition) is 3. The average molecular weight is 315 g/mol. The number of nitrogens with one attached hydrogen (secondary N) is 1. The zero-order valence-electron chi connectivity index (χ0n) is 12.1. The maximum absolute atomic E-state index is 12.1.